The first-order chi connectivity index (χ1) is 9.79. The number of phenols is 1. The third-order valence-corrected chi connectivity index (χ3v) is 3.20. The van der Waals surface area contributed by atoms with Crippen molar-refractivity contribution in [1.29, 1.82) is 0 Å². The summed E-state index contributed by atoms with van der Waals surface area (Å²) in [6.45, 7) is 0. The highest BCUT2D eigenvalue weighted by atomic mass is 16.5. The van der Waals surface area contributed by atoms with Crippen LogP contribution in [0.5, 0.6) is 11.5 Å². The van der Waals surface area contributed by atoms with Crippen LogP contribution in [-0.4, -0.2) is 22.4 Å². The van der Waals surface area contributed by atoms with Crippen molar-refractivity contribution in [3.63, 3.8) is 0 Å². The van der Waals surface area contributed by atoms with Crippen LogP contribution in [0.1, 0.15) is 0 Å². The zero-order chi connectivity index (χ0) is 13.9. The van der Waals surface area contributed by atoms with Gasteiger partial charge in [-0.05, 0) is 23.8 Å². The van der Waals surface area contributed by atoms with Crippen LogP contribution >= 0.6 is 0 Å². The van der Waals surface area contributed by atoms with E-state index in [1.54, 1.807) is 31.5 Å². The Balaban J connectivity index is 2.15. The minimum absolute atomic E-state index is 0.187. The van der Waals surface area contributed by atoms with Crippen molar-refractivity contribution in [2.75, 3.05) is 7.11 Å². The summed E-state index contributed by atoms with van der Waals surface area (Å²) in [6.07, 6.45) is 1.75. The lowest BCUT2D eigenvalue weighted by Crippen LogP contribution is -1.87. The van der Waals surface area contributed by atoms with Crippen molar-refractivity contribution in [2.45, 2.75) is 0 Å². The summed E-state index contributed by atoms with van der Waals surface area (Å²) in [7, 11) is 1.60. The van der Waals surface area contributed by atoms with E-state index in [2.05, 4.69) is 10.2 Å². The van der Waals surface area contributed by atoms with Gasteiger partial charge in [0.15, 0.2) is 0 Å². The molecule has 20 heavy (non-hydrogen) atoms. The van der Waals surface area contributed by atoms with E-state index in [9.17, 15) is 5.11 Å². The number of aromatic hydroxyl groups is 1. The van der Waals surface area contributed by atoms with Crippen molar-refractivity contribution in [1.82, 2.24) is 10.2 Å². The van der Waals surface area contributed by atoms with Crippen LogP contribution in [0.15, 0.2) is 54.7 Å². The van der Waals surface area contributed by atoms with Crippen LogP contribution in [0.4, 0.5) is 0 Å². The van der Waals surface area contributed by atoms with Crippen LogP contribution in [0, 0.1) is 0 Å². The van der Waals surface area contributed by atoms with Crippen molar-refractivity contribution in [2.24, 2.45) is 0 Å². The molecule has 0 atom stereocenters. The predicted molar refractivity (Wildman–Crippen MR) is 77.7 cm³/mol. The average Bonchev–Trinajstić information content (AvgIpc) is 2.98. The van der Waals surface area contributed by atoms with Gasteiger partial charge in [0, 0.05) is 11.1 Å². The summed E-state index contributed by atoms with van der Waals surface area (Å²) in [5.41, 5.74) is 3.42. The minimum Gasteiger partial charge on any atom is -0.507 e. The van der Waals surface area contributed by atoms with E-state index in [1.165, 1.54) is 0 Å². The largest absolute Gasteiger partial charge is 0.507 e. The summed E-state index contributed by atoms with van der Waals surface area (Å²) < 4.78 is 5.21. The second-order valence-electron chi connectivity index (χ2n) is 4.41. The number of rotatable bonds is 3. The topological polar surface area (TPSA) is 58.1 Å². The summed E-state index contributed by atoms with van der Waals surface area (Å²) in [4.78, 5) is 0. The number of hydrogen-bond donors (Lipinski definition) is 2. The van der Waals surface area contributed by atoms with Gasteiger partial charge in [-0.2, -0.15) is 5.10 Å². The molecule has 0 fully saturated rings. The Hall–Kier alpha value is -2.75. The molecule has 0 bridgehead atoms. The Bertz CT molecular complexity index is 720. The Morgan fingerprint density at radius 1 is 1.05 bits per heavy atom. The highest BCUT2D eigenvalue weighted by molar-refractivity contribution is 5.83. The van der Waals surface area contributed by atoms with Gasteiger partial charge >= 0.3 is 0 Å². The number of phenolic OH excluding ortho intramolecular Hbond substituents is 1. The fourth-order valence-corrected chi connectivity index (χ4v) is 2.17. The first-order valence-corrected chi connectivity index (χ1v) is 6.26. The SMILES string of the molecule is COc1ccc(O)c(-c2[nH]ncc2-c2ccccc2)c1. The zero-order valence-electron chi connectivity index (χ0n) is 11.0. The number of methoxy groups -OCH3 is 1. The molecule has 3 rings (SSSR count). The fourth-order valence-electron chi connectivity index (χ4n) is 2.17. The average molecular weight is 266 g/mol. The minimum atomic E-state index is 0.187. The van der Waals surface area contributed by atoms with Gasteiger partial charge in [0.05, 0.1) is 19.0 Å². The second kappa shape index (κ2) is 5.09. The summed E-state index contributed by atoms with van der Waals surface area (Å²) in [6, 6.07) is 15.0. The van der Waals surface area contributed by atoms with E-state index in [-0.39, 0.29) is 5.75 Å². The molecule has 0 saturated heterocycles. The summed E-state index contributed by atoms with van der Waals surface area (Å²) in [5, 5.41) is 17.1. The molecule has 0 saturated carbocycles. The fraction of sp³-hybridized carbons (Fsp3) is 0.0625. The predicted octanol–water partition coefficient (Wildman–Crippen LogP) is 3.46. The normalized spacial score (nSPS) is 10.4. The molecule has 4 heteroatoms. The van der Waals surface area contributed by atoms with E-state index in [1.807, 2.05) is 30.3 Å². The number of H-pyrrole nitrogens is 1. The number of aromatic nitrogens is 2. The van der Waals surface area contributed by atoms with Crippen molar-refractivity contribution in [3.8, 4) is 33.9 Å². The van der Waals surface area contributed by atoms with E-state index >= 15 is 0 Å². The Labute approximate surface area is 116 Å². The maximum Gasteiger partial charge on any atom is 0.125 e. The van der Waals surface area contributed by atoms with Gasteiger partial charge in [0.1, 0.15) is 11.5 Å². The number of benzene rings is 2. The number of nitrogens with zero attached hydrogens (tertiary/aromatic N) is 1. The molecule has 2 aromatic carbocycles. The van der Waals surface area contributed by atoms with E-state index < -0.39 is 0 Å². The first kappa shape index (κ1) is 12.3. The van der Waals surface area contributed by atoms with Crippen LogP contribution in [-0.2, 0) is 0 Å². The maximum absolute atomic E-state index is 10.1. The van der Waals surface area contributed by atoms with E-state index in [4.69, 9.17) is 4.74 Å². The highest BCUT2D eigenvalue weighted by Gasteiger charge is 2.14. The monoisotopic (exact) mass is 266 g/mol. The molecular weight excluding hydrogens is 252 g/mol. The third kappa shape index (κ3) is 2.12. The van der Waals surface area contributed by atoms with Gasteiger partial charge in [-0.25, -0.2) is 0 Å². The molecule has 0 aliphatic carbocycles. The molecule has 1 aromatic heterocycles. The molecule has 0 unspecified atom stereocenters. The molecule has 1 heterocycles. The highest BCUT2D eigenvalue weighted by Crippen LogP contribution is 2.37. The van der Waals surface area contributed by atoms with Gasteiger partial charge in [-0.1, -0.05) is 30.3 Å². The molecule has 4 nitrogen and oxygen atoms in total. The molecule has 0 aliphatic rings. The molecule has 2 N–H and O–H groups in total. The number of nitrogens with one attached hydrogen (secondary N) is 1. The Morgan fingerprint density at radius 3 is 2.60 bits per heavy atom. The molecular formula is C16H14N2O2. The van der Waals surface area contributed by atoms with Gasteiger partial charge < -0.3 is 9.84 Å². The lowest BCUT2D eigenvalue weighted by molar-refractivity contribution is 0.412. The van der Waals surface area contributed by atoms with E-state index in [0.717, 1.165) is 16.8 Å². The Kier molecular flexibility index (Phi) is 3.13. The molecule has 0 amide bonds. The molecule has 0 radical (unpaired) electrons. The van der Waals surface area contributed by atoms with Gasteiger partial charge in [-0.3, -0.25) is 5.10 Å². The molecule has 0 spiro atoms. The summed E-state index contributed by atoms with van der Waals surface area (Å²) in [5.74, 6) is 0.874. The number of ether oxygens (including phenoxy) is 1. The third-order valence-electron chi connectivity index (χ3n) is 3.20. The van der Waals surface area contributed by atoms with Crippen LogP contribution in [0.3, 0.4) is 0 Å². The smallest absolute Gasteiger partial charge is 0.125 e. The molecule has 0 aliphatic heterocycles. The van der Waals surface area contributed by atoms with Crippen molar-refractivity contribution in [3.05, 3.63) is 54.7 Å². The lowest BCUT2D eigenvalue weighted by Gasteiger charge is -2.08. The van der Waals surface area contributed by atoms with Gasteiger partial charge in [-0.15, -0.1) is 0 Å². The molecule has 100 valence electrons. The number of aromatic amines is 1. The molecule has 3 aromatic rings. The Morgan fingerprint density at radius 2 is 1.85 bits per heavy atom. The maximum atomic E-state index is 10.1. The zero-order valence-corrected chi connectivity index (χ0v) is 11.0. The standard InChI is InChI=1S/C16H14N2O2/c1-20-12-7-8-15(19)13(9-12)16-14(10-17-18-16)11-5-3-2-4-6-11/h2-10,19H,1H3,(H,17,18). The van der Waals surface area contributed by atoms with Crippen molar-refractivity contribution < 1.29 is 9.84 Å². The van der Waals surface area contributed by atoms with Crippen LogP contribution < -0.4 is 4.74 Å². The van der Waals surface area contributed by atoms with Gasteiger partial charge in [0.25, 0.3) is 0 Å². The quantitative estimate of drug-likeness (QED) is 0.763. The van der Waals surface area contributed by atoms with E-state index in [0.29, 0.717) is 11.3 Å². The van der Waals surface area contributed by atoms with Crippen LogP contribution in [0.25, 0.3) is 22.4 Å². The number of hydrogen-bond acceptors (Lipinski definition) is 3. The second-order valence-corrected chi connectivity index (χ2v) is 4.41. The first-order valence-electron chi connectivity index (χ1n) is 6.26. The van der Waals surface area contributed by atoms with Crippen LogP contribution in [0.2, 0.25) is 0 Å². The van der Waals surface area contributed by atoms with Crippen molar-refractivity contribution >= 4 is 0 Å². The summed E-state index contributed by atoms with van der Waals surface area (Å²) >= 11 is 0. The van der Waals surface area contributed by atoms with Gasteiger partial charge in [0.2, 0.25) is 0 Å². The lowest BCUT2D eigenvalue weighted by atomic mass is 10.0.